The number of nitrogens with one attached hydrogen (secondary N) is 1. The van der Waals surface area contributed by atoms with Gasteiger partial charge in [-0.3, -0.25) is 4.79 Å². The van der Waals surface area contributed by atoms with E-state index in [1.165, 1.54) is 5.56 Å². The molecule has 1 heterocycles. The monoisotopic (exact) mass is 339 g/mol. The summed E-state index contributed by atoms with van der Waals surface area (Å²) in [5.74, 6) is -0.0277. The summed E-state index contributed by atoms with van der Waals surface area (Å²) in [6.07, 6.45) is 1.27. The van der Waals surface area contributed by atoms with Crippen LogP contribution in [0, 0.1) is 5.92 Å². The number of hydrogen-bond donors (Lipinski definition) is 2. The van der Waals surface area contributed by atoms with Crippen molar-refractivity contribution in [3.63, 3.8) is 0 Å². The number of aliphatic hydroxyl groups excluding tert-OH is 1. The van der Waals surface area contributed by atoms with E-state index in [1.54, 1.807) is 0 Å². The summed E-state index contributed by atoms with van der Waals surface area (Å²) in [7, 11) is 0. The smallest absolute Gasteiger partial charge is 0.222 e. The van der Waals surface area contributed by atoms with Crippen LogP contribution in [-0.2, 0) is 14.9 Å². The Kier molecular flexibility index (Phi) is 6.45. The van der Waals surface area contributed by atoms with Crippen molar-refractivity contribution in [2.45, 2.75) is 44.6 Å². The molecule has 0 aliphatic carbocycles. The highest BCUT2D eigenvalue weighted by atomic mass is 35.5. The maximum absolute atomic E-state index is 12.1. The van der Waals surface area contributed by atoms with Crippen LogP contribution in [-0.4, -0.2) is 36.9 Å². The third-order valence-corrected chi connectivity index (χ3v) is 4.95. The van der Waals surface area contributed by atoms with Crippen LogP contribution in [0.1, 0.15) is 38.7 Å². The molecule has 1 amide bonds. The van der Waals surface area contributed by atoms with Crippen molar-refractivity contribution >= 4 is 17.5 Å². The molecule has 0 radical (unpaired) electrons. The molecule has 1 aliphatic rings. The Balaban J connectivity index is 2.04. The summed E-state index contributed by atoms with van der Waals surface area (Å²) in [6, 6.07) is 7.84. The number of amides is 1. The minimum absolute atomic E-state index is 0.0778. The number of aliphatic hydroxyl groups is 1. The van der Waals surface area contributed by atoms with Crippen molar-refractivity contribution in [2.75, 3.05) is 19.8 Å². The van der Waals surface area contributed by atoms with E-state index >= 15 is 0 Å². The van der Waals surface area contributed by atoms with Crippen molar-refractivity contribution in [3.8, 4) is 0 Å². The maximum atomic E-state index is 12.1. The molecule has 1 unspecified atom stereocenters. The van der Waals surface area contributed by atoms with Gasteiger partial charge in [0.25, 0.3) is 0 Å². The largest absolute Gasteiger partial charge is 0.392 e. The molecule has 128 valence electrons. The molecule has 4 nitrogen and oxygen atoms in total. The van der Waals surface area contributed by atoms with E-state index in [0.29, 0.717) is 24.8 Å². The molecule has 1 fully saturated rings. The SMILES string of the molecule is CC(C)C(O)CC(=O)NCC1(c2ccc(Cl)cc2)CCOCC1. The third kappa shape index (κ3) is 4.93. The second-order valence-electron chi connectivity index (χ2n) is 6.69. The third-order valence-electron chi connectivity index (χ3n) is 4.69. The van der Waals surface area contributed by atoms with Gasteiger partial charge in [0.1, 0.15) is 0 Å². The molecule has 2 N–H and O–H groups in total. The zero-order chi connectivity index (χ0) is 16.9. The van der Waals surface area contributed by atoms with Gasteiger partial charge in [-0.1, -0.05) is 37.6 Å². The Morgan fingerprint density at radius 3 is 2.48 bits per heavy atom. The van der Waals surface area contributed by atoms with Crippen LogP contribution in [0.25, 0.3) is 0 Å². The van der Waals surface area contributed by atoms with Crippen molar-refractivity contribution in [1.82, 2.24) is 5.32 Å². The number of hydrogen-bond acceptors (Lipinski definition) is 3. The molecule has 0 spiro atoms. The first kappa shape index (κ1) is 18.2. The topological polar surface area (TPSA) is 58.6 Å². The minimum atomic E-state index is -0.601. The van der Waals surface area contributed by atoms with Crippen molar-refractivity contribution < 1.29 is 14.6 Å². The van der Waals surface area contributed by atoms with Gasteiger partial charge in [-0.25, -0.2) is 0 Å². The minimum Gasteiger partial charge on any atom is -0.392 e. The fourth-order valence-corrected chi connectivity index (χ4v) is 3.02. The lowest BCUT2D eigenvalue weighted by atomic mass is 9.74. The molecule has 1 aromatic carbocycles. The number of benzene rings is 1. The zero-order valence-electron chi connectivity index (χ0n) is 13.8. The van der Waals surface area contributed by atoms with E-state index in [0.717, 1.165) is 12.8 Å². The number of rotatable bonds is 6. The van der Waals surface area contributed by atoms with Crippen LogP contribution in [0.3, 0.4) is 0 Å². The fourth-order valence-electron chi connectivity index (χ4n) is 2.90. The lowest BCUT2D eigenvalue weighted by Gasteiger charge is -2.38. The number of ether oxygens (including phenoxy) is 1. The van der Waals surface area contributed by atoms with Gasteiger partial charge in [0.05, 0.1) is 12.5 Å². The Morgan fingerprint density at radius 2 is 1.91 bits per heavy atom. The second-order valence-corrected chi connectivity index (χ2v) is 7.13. The van der Waals surface area contributed by atoms with E-state index in [2.05, 4.69) is 5.32 Å². The van der Waals surface area contributed by atoms with Gasteiger partial charge in [-0.15, -0.1) is 0 Å². The van der Waals surface area contributed by atoms with Gasteiger partial charge in [0, 0.05) is 30.2 Å². The zero-order valence-corrected chi connectivity index (χ0v) is 14.6. The molecule has 1 saturated heterocycles. The molecule has 0 bridgehead atoms. The molecule has 5 heteroatoms. The van der Waals surface area contributed by atoms with Crippen LogP contribution in [0.4, 0.5) is 0 Å². The van der Waals surface area contributed by atoms with E-state index in [-0.39, 0.29) is 23.7 Å². The van der Waals surface area contributed by atoms with Gasteiger partial charge in [-0.2, -0.15) is 0 Å². The second kappa shape index (κ2) is 8.13. The standard InChI is InChI=1S/C18H26ClNO3/c1-13(2)16(21)11-17(22)20-12-18(7-9-23-10-8-18)14-3-5-15(19)6-4-14/h3-6,13,16,21H,7-12H2,1-2H3,(H,20,22). The van der Waals surface area contributed by atoms with Crippen molar-refractivity contribution in [3.05, 3.63) is 34.9 Å². The fraction of sp³-hybridized carbons (Fsp3) is 0.611. The lowest BCUT2D eigenvalue weighted by Crippen LogP contribution is -2.45. The highest BCUT2D eigenvalue weighted by molar-refractivity contribution is 6.30. The van der Waals surface area contributed by atoms with E-state index in [1.807, 2.05) is 38.1 Å². The average molecular weight is 340 g/mol. The van der Waals surface area contributed by atoms with Crippen LogP contribution in [0.15, 0.2) is 24.3 Å². The van der Waals surface area contributed by atoms with Crippen LogP contribution < -0.4 is 5.32 Å². The molecular formula is C18H26ClNO3. The van der Waals surface area contributed by atoms with Gasteiger partial charge in [0.2, 0.25) is 5.91 Å². The summed E-state index contributed by atoms with van der Waals surface area (Å²) >= 11 is 5.99. The van der Waals surface area contributed by atoms with Crippen molar-refractivity contribution in [1.29, 1.82) is 0 Å². The summed E-state index contributed by atoms with van der Waals surface area (Å²) in [5.41, 5.74) is 1.05. The Bertz CT molecular complexity index is 510. The van der Waals surface area contributed by atoms with Crippen LogP contribution >= 0.6 is 11.6 Å². The molecule has 2 rings (SSSR count). The highest BCUT2D eigenvalue weighted by Crippen LogP contribution is 2.34. The van der Waals surface area contributed by atoms with Gasteiger partial charge >= 0.3 is 0 Å². The number of carbonyl (C=O) groups excluding carboxylic acids is 1. The predicted molar refractivity (Wildman–Crippen MR) is 91.7 cm³/mol. The first-order valence-corrected chi connectivity index (χ1v) is 8.59. The molecule has 23 heavy (non-hydrogen) atoms. The molecular weight excluding hydrogens is 314 g/mol. The van der Waals surface area contributed by atoms with E-state index < -0.39 is 6.10 Å². The maximum Gasteiger partial charge on any atom is 0.222 e. The summed E-state index contributed by atoms with van der Waals surface area (Å²) in [6.45, 7) is 5.75. The Hall–Kier alpha value is -1.10. The van der Waals surface area contributed by atoms with Crippen LogP contribution in [0.2, 0.25) is 5.02 Å². The summed E-state index contributed by atoms with van der Waals surface area (Å²) in [5, 5.41) is 13.6. The van der Waals surface area contributed by atoms with Crippen molar-refractivity contribution in [2.24, 2.45) is 5.92 Å². The first-order chi connectivity index (χ1) is 10.9. The molecule has 0 aromatic heterocycles. The highest BCUT2D eigenvalue weighted by Gasteiger charge is 2.35. The van der Waals surface area contributed by atoms with Gasteiger partial charge in [0.15, 0.2) is 0 Å². The van der Waals surface area contributed by atoms with E-state index in [4.69, 9.17) is 16.3 Å². The normalized spacial score (nSPS) is 18.7. The summed E-state index contributed by atoms with van der Waals surface area (Å²) in [4.78, 5) is 12.1. The quantitative estimate of drug-likeness (QED) is 0.837. The van der Waals surface area contributed by atoms with Crippen LogP contribution in [0.5, 0.6) is 0 Å². The lowest BCUT2D eigenvalue weighted by molar-refractivity contribution is -0.124. The van der Waals surface area contributed by atoms with E-state index in [9.17, 15) is 9.90 Å². The Labute approximate surface area is 143 Å². The van der Waals surface area contributed by atoms with Gasteiger partial charge in [-0.05, 0) is 36.5 Å². The Morgan fingerprint density at radius 1 is 1.30 bits per heavy atom. The van der Waals surface area contributed by atoms with Gasteiger partial charge < -0.3 is 15.2 Å². The molecule has 1 atom stereocenters. The molecule has 1 aliphatic heterocycles. The predicted octanol–water partition coefficient (Wildman–Crippen LogP) is 2.91. The number of halogens is 1. The molecule has 1 aromatic rings. The molecule has 0 saturated carbocycles. The first-order valence-electron chi connectivity index (χ1n) is 8.21. The average Bonchev–Trinajstić information content (AvgIpc) is 2.54. The number of carbonyl (C=O) groups is 1. The summed E-state index contributed by atoms with van der Waals surface area (Å²) < 4.78 is 5.49.